The Morgan fingerprint density at radius 3 is 2.42 bits per heavy atom. The summed E-state index contributed by atoms with van der Waals surface area (Å²) in [4.78, 5) is 13.4. The van der Waals surface area contributed by atoms with Crippen LogP contribution in [0.1, 0.15) is 29.7 Å². The quantitative estimate of drug-likeness (QED) is 0.578. The molecule has 2 aromatic carbocycles. The highest BCUT2D eigenvalue weighted by molar-refractivity contribution is 7.99. The standard InChI is InChI=1S/C20H25NO2S/c1-15-4-6-17(7-5-15)14-20(22)21-16(2)18-8-10-19(11-9-18)24-13-12-23-3/h4-11,16H,12-14H2,1-3H3,(H,21,22)/t16-/m1/s1. The van der Waals surface area contributed by atoms with Gasteiger partial charge in [0.1, 0.15) is 0 Å². The lowest BCUT2D eigenvalue weighted by molar-refractivity contribution is -0.121. The highest BCUT2D eigenvalue weighted by Crippen LogP contribution is 2.21. The first-order chi connectivity index (χ1) is 11.6. The number of carbonyl (C=O) groups is 1. The van der Waals surface area contributed by atoms with Crippen molar-refractivity contribution in [1.82, 2.24) is 5.32 Å². The molecule has 2 aromatic rings. The molecule has 2 rings (SSSR count). The van der Waals surface area contributed by atoms with Crippen molar-refractivity contribution in [3.63, 3.8) is 0 Å². The van der Waals surface area contributed by atoms with Crippen LogP contribution >= 0.6 is 11.8 Å². The van der Waals surface area contributed by atoms with Gasteiger partial charge in [-0.3, -0.25) is 4.79 Å². The fraction of sp³-hybridized carbons (Fsp3) is 0.350. The Kier molecular flexibility index (Phi) is 7.35. The molecule has 0 spiro atoms. The van der Waals surface area contributed by atoms with E-state index >= 15 is 0 Å². The van der Waals surface area contributed by atoms with Gasteiger partial charge in [-0.25, -0.2) is 0 Å². The Bertz CT molecular complexity index is 638. The summed E-state index contributed by atoms with van der Waals surface area (Å²) >= 11 is 1.77. The van der Waals surface area contributed by atoms with E-state index in [1.54, 1.807) is 18.9 Å². The Labute approximate surface area is 148 Å². The maximum atomic E-state index is 12.2. The number of hydrogen-bond acceptors (Lipinski definition) is 3. The predicted molar refractivity (Wildman–Crippen MR) is 100 cm³/mol. The Hall–Kier alpha value is -1.78. The second kappa shape index (κ2) is 9.50. The molecule has 24 heavy (non-hydrogen) atoms. The van der Waals surface area contributed by atoms with Crippen molar-refractivity contribution < 1.29 is 9.53 Å². The largest absolute Gasteiger partial charge is 0.384 e. The van der Waals surface area contributed by atoms with Gasteiger partial charge in [-0.2, -0.15) is 0 Å². The van der Waals surface area contributed by atoms with E-state index in [0.29, 0.717) is 6.42 Å². The van der Waals surface area contributed by atoms with Crippen molar-refractivity contribution in [1.29, 1.82) is 0 Å². The molecule has 0 unspecified atom stereocenters. The molecule has 1 N–H and O–H groups in total. The Morgan fingerprint density at radius 2 is 1.79 bits per heavy atom. The topological polar surface area (TPSA) is 38.3 Å². The Balaban J connectivity index is 1.85. The van der Waals surface area contributed by atoms with Crippen molar-refractivity contribution in [2.45, 2.75) is 31.2 Å². The molecule has 1 atom stereocenters. The van der Waals surface area contributed by atoms with Crippen LogP contribution in [0.4, 0.5) is 0 Å². The van der Waals surface area contributed by atoms with Crippen LogP contribution in [0, 0.1) is 6.92 Å². The van der Waals surface area contributed by atoms with Crippen LogP contribution in [-0.2, 0) is 16.0 Å². The smallest absolute Gasteiger partial charge is 0.224 e. The number of methoxy groups -OCH3 is 1. The minimum absolute atomic E-state index is 0.000901. The van der Waals surface area contributed by atoms with E-state index in [2.05, 4.69) is 29.6 Å². The van der Waals surface area contributed by atoms with Crippen LogP contribution in [0.3, 0.4) is 0 Å². The molecule has 0 aromatic heterocycles. The predicted octanol–water partition coefficient (Wildman–Crippen LogP) is 4.15. The molecule has 0 aliphatic rings. The van der Waals surface area contributed by atoms with Crippen LogP contribution in [0.5, 0.6) is 0 Å². The Morgan fingerprint density at radius 1 is 1.12 bits per heavy atom. The molecule has 0 saturated carbocycles. The summed E-state index contributed by atoms with van der Waals surface area (Å²) in [5, 5.41) is 3.07. The molecule has 0 aliphatic heterocycles. The number of aryl methyl sites for hydroxylation is 1. The molecule has 0 aliphatic carbocycles. The summed E-state index contributed by atoms with van der Waals surface area (Å²) < 4.78 is 5.06. The van der Waals surface area contributed by atoms with Gasteiger partial charge in [0.2, 0.25) is 5.91 Å². The fourth-order valence-corrected chi connectivity index (χ4v) is 3.18. The van der Waals surface area contributed by atoms with Crippen LogP contribution < -0.4 is 5.32 Å². The highest BCUT2D eigenvalue weighted by Gasteiger charge is 2.10. The van der Waals surface area contributed by atoms with Crippen molar-refractivity contribution in [3.05, 3.63) is 65.2 Å². The molecule has 128 valence electrons. The lowest BCUT2D eigenvalue weighted by atomic mass is 10.1. The van der Waals surface area contributed by atoms with E-state index in [4.69, 9.17) is 4.74 Å². The van der Waals surface area contributed by atoms with E-state index in [1.807, 2.05) is 38.1 Å². The highest BCUT2D eigenvalue weighted by atomic mass is 32.2. The van der Waals surface area contributed by atoms with Crippen LogP contribution in [0.15, 0.2) is 53.4 Å². The second-order valence-corrected chi connectivity index (χ2v) is 7.03. The number of rotatable bonds is 8. The average molecular weight is 343 g/mol. The first-order valence-electron chi connectivity index (χ1n) is 8.15. The molecule has 0 bridgehead atoms. The zero-order chi connectivity index (χ0) is 17.4. The third kappa shape index (κ3) is 6.02. The summed E-state index contributed by atoms with van der Waals surface area (Å²) in [6, 6.07) is 16.4. The van der Waals surface area contributed by atoms with Crippen molar-refractivity contribution in [3.8, 4) is 0 Å². The van der Waals surface area contributed by atoms with Gasteiger partial charge in [-0.05, 0) is 37.1 Å². The second-order valence-electron chi connectivity index (χ2n) is 5.86. The minimum Gasteiger partial charge on any atom is -0.384 e. The molecule has 1 amide bonds. The number of ether oxygens (including phenoxy) is 1. The third-order valence-corrected chi connectivity index (χ3v) is 4.78. The molecule has 0 heterocycles. The summed E-state index contributed by atoms with van der Waals surface area (Å²) in [5.41, 5.74) is 3.36. The molecule has 0 radical (unpaired) electrons. The average Bonchev–Trinajstić information content (AvgIpc) is 2.58. The number of carbonyl (C=O) groups excluding carboxylic acids is 1. The molecule has 3 nitrogen and oxygen atoms in total. The van der Waals surface area contributed by atoms with Gasteiger partial charge in [-0.15, -0.1) is 11.8 Å². The van der Waals surface area contributed by atoms with E-state index in [0.717, 1.165) is 23.5 Å². The first kappa shape index (κ1) is 18.6. The zero-order valence-corrected chi connectivity index (χ0v) is 15.4. The van der Waals surface area contributed by atoms with E-state index in [9.17, 15) is 4.79 Å². The normalized spacial score (nSPS) is 12.0. The number of hydrogen-bond donors (Lipinski definition) is 1. The van der Waals surface area contributed by atoms with Crippen LogP contribution in [0.2, 0.25) is 0 Å². The van der Waals surface area contributed by atoms with E-state index in [1.165, 1.54) is 10.5 Å². The molecule has 4 heteroatoms. The summed E-state index contributed by atoms with van der Waals surface area (Å²) in [5.74, 6) is 0.989. The van der Waals surface area contributed by atoms with Crippen molar-refractivity contribution in [2.75, 3.05) is 19.5 Å². The lowest BCUT2D eigenvalue weighted by Gasteiger charge is -2.15. The number of amides is 1. The molecule has 0 fully saturated rings. The van der Waals surface area contributed by atoms with Gasteiger partial charge in [0.05, 0.1) is 19.1 Å². The number of nitrogens with one attached hydrogen (secondary N) is 1. The number of benzene rings is 2. The van der Waals surface area contributed by atoms with E-state index in [-0.39, 0.29) is 11.9 Å². The first-order valence-corrected chi connectivity index (χ1v) is 9.13. The van der Waals surface area contributed by atoms with Gasteiger partial charge < -0.3 is 10.1 Å². The SMILES string of the molecule is COCCSc1ccc([C@@H](C)NC(=O)Cc2ccc(C)cc2)cc1. The molecular formula is C20H25NO2S. The van der Waals surface area contributed by atoms with Crippen LogP contribution in [-0.4, -0.2) is 25.4 Å². The maximum Gasteiger partial charge on any atom is 0.224 e. The van der Waals surface area contributed by atoms with Gasteiger partial charge >= 0.3 is 0 Å². The minimum atomic E-state index is 0.000901. The fourth-order valence-electron chi connectivity index (χ4n) is 2.36. The van der Waals surface area contributed by atoms with E-state index < -0.39 is 0 Å². The lowest BCUT2D eigenvalue weighted by Crippen LogP contribution is -2.28. The van der Waals surface area contributed by atoms with Crippen molar-refractivity contribution >= 4 is 17.7 Å². The maximum absolute atomic E-state index is 12.2. The third-order valence-electron chi connectivity index (χ3n) is 3.80. The van der Waals surface area contributed by atoms with Gasteiger partial charge in [0, 0.05) is 17.8 Å². The van der Waals surface area contributed by atoms with Crippen molar-refractivity contribution in [2.24, 2.45) is 0 Å². The summed E-state index contributed by atoms with van der Waals surface area (Å²) in [6.45, 7) is 4.81. The zero-order valence-electron chi connectivity index (χ0n) is 14.5. The monoisotopic (exact) mass is 343 g/mol. The summed E-state index contributed by atoms with van der Waals surface area (Å²) in [6.07, 6.45) is 0.412. The number of thioether (sulfide) groups is 1. The molecule has 0 saturated heterocycles. The van der Waals surface area contributed by atoms with Gasteiger partial charge in [-0.1, -0.05) is 42.0 Å². The van der Waals surface area contributed by atoms with Crippen LogP contribution in [0.25, 0.3) is 0 Å². The summed E-state index contributed by atoms with van der Waals surface area (Å²) in [7, 11) is 1.71. The van der Waals surface area contributed by atoms with Gasteiger partial charge in [0.25, 0.3) is 0 Å². The van der Waals surface area contributed by atoms with Gasteiger partial charge in [0.15, 0.2) is 0 Å². The molecular weight excluding hydrogens is 318 g/mol.